The van der Waals surface area contributed by atoms with E-state index in [-0.39, 0.29) is 36.1 Å². The number of piperidine rings is 1. The van der Waals surface area contributed by atoms with Crippen molar-refractivity contribution < 1.29 is 23.5 Å². The van der Waals surface area contributed by atoms with Crippen molar-refractivity contribution in [3.05, 3.63) is 75.3 Å². The molecule has 3 aliphatic rings. The number of halogens is 3. The average molecular weight is 586 g/mol. The second kappa shape index (κ2) is 10.2. The number of nitrogens with zero attached hydrogens (tertiary/aromatic N) is 3. The van der Waals surface area contributed by atoms with Gasteiger partial charge in [0.15, 0.2) is 0 Å². The standard InChI is InChI=1S/C30H30Cl2FN3O4/c1-30(2,3)40-29(38)19-10-9-17(12-24(19)33)35-18-11-20(28(35)37)26(13-18)39-15-25-21(16-7-8-16)14-34-36(25)27-22(31)5-4-6-23(27)32/h4-6,9-10,12,14,16,18,20,26H,7-8,11,13,15H2,1-3H3/t18-,20+,26+/m0/s1. The average Bonchev–Trinajstić information content (AvgIpc) is 3.38. The van der Waals surface area contributed by atoms with Gasteiger partial charge in [-0.05, 0) is 88.3 Å². The molecule has 2 bridgehead atoms. The largest absolute Gasteiger partial charge is 0.456 e. The van der Waals surface area contributed by atoms with Gasteiger partial charge in [-0.1, -0.05) is 29.3 Å². The van der Waals surface area contributed by atoms with Gasteiger partial charge in [0, 0.05) is 11.7 Å². The van der Waals surface area contributed by atoms with Crippen LogP contribution in [0.25, 0.3) is 5.69 Å². The number of hydrogen-bond acceptors (Lipinski definition) is 5. The first-order valence-electron chi connectivity index (χ1n) is 13.5. The lowest BCUT2D eigenvalue weighted by Crippen LogP contribution is -2.43. The molecular weight excluding hydrogens is 556 g/mol. The Balaban J connectivity index is 1.17. The zero-order valence-electron chi connectivity index (χ0n) is 22.5. The highest BCUT2D eigenvalue weighted by Crippen LogP contribution is 2.46. The Morgan fingerprint density at radius 2 is 1.85 bits per heavy atom. The summed E-state index contributed by atoms with van der Waals surface area (Å²) in [7, 11) is 0. The van der Waals surface area contributed by atoms with Crippen molar-refractivity contribution in [1.82, 2.24) is 9.78 Å². The van der Waals surface area contributed by atoms with E-state index in [4.69, 9.17) is 32.7 Å². The molecule has 1 saturated heterocycles. The molecule has 1 aliphatic heterocycles. The molecule has 2 heterocycles. The molecule has 1 aromatic heterocycles. The summed E-state index contributed by atoms with van der Waals surface area (Å²) in [5.74, 6) is -1.44. The quantitative estimate of drug-likeness (QED) is 0.283. The third-order valence-electron chi connectivity index (χ3n) is 7.75. The summed E-state index contributed by atoms with van der Waals surface area (Å²) in [6, 6.07) is 9.45. The Kier molecular flexibility index (Phi) is 6.92. The minimum atomic E-state index is -0.738. The second-order valence-electron chi connectivity index (χ2n) is 11.8. The zero-order chi connectivity index (χ0) is 28.3. The molecule has 2 saturated carbocycles. The van der Waals surface area contributed by atoms with Crippen LogP contribution in [0.3, 0.4) is 0 Å². The summed E-state index contributed by atoms with van der Waals surface area (Å²) < 4.78 is 28.3. The number of carbonyl (C=O) groups excluding carboxylic acids is 2. The summed E-state index contributed by atoms with van der Waals surface area (Å²) in [5.41, 5.74) is 2.17. The fraction of sp³-hybridized carbons (Fsp3) is 0.433. The summed E-state index contributed by atoms with van der Waals surface area (Å²) in [6.07, 6.45) is 5.05. The van der Waals surface area contributed by atoms with Crippen molar-refractivity contribution in [1.29, 1.82) is 0 Å². The van der Waals surface area contributed by atoms with E-state index in [9.17, 15) is 14.0 Å². The van der Waals surface area contributed by atoms with Gasteiger partial charge in [0.05, 0.1) is 46.1 Å². The van der Waals surface area contributed by atoms with Gasteiger partial charge in [-0.15, -0.1) is 0 Å². The molecule has 0 unspecified atom stereocenters. The predicted molar refractivity (Wildman–Crippen MR) is 150 cm³/mol. The second-order valence-corrected chi connectivity index (χ2v) is 12.6. The number of para-hydroxylation sites is 1. The smallest absolute Gasteiger partial charge is 0.341 e. The van der Waals surface area contributed by atoms with Crippen LogP contribution in [-0.4, -0.2) is 39.4 Å². The highest BCUT2D eigenvalue weighted by atomic mass is 35.5. The fourth-order valence-electron chi connectivity index (χ4n) is 5.81. The zero-order valence-corrected chi connectivity index (χ0v) is 24.0. The van der Waals surface area contributed by atoms with Gasteiger partial charge in [0.2, 0.25) is 5.91 Å². The molecule has 3 fully saturated rings. The van der Waals surface area contributed by atoms with Crippen molar-refractivity contribution in [3.8, 4) is 5.69 Å². The predicted octanol–water partition coefficient (Wildman–Crippen LogP) is 6.86. The van der Waals surface area contributed by atoms with E-state index in [0.29, 0.717) is 40.2 Å². The van der Waals surface area contributed by atoms with Crippen LogP contribution in [-0.2, 0) is 20.9 Å². The Hall–Kier alpha value is -2.94. The molecular formula is C30H30Cl2FN3O4. The first-order valence-corrected chi connectivity index (χ1v) is 14.3. The van der Waals surface area contributed by atoms with Gasteiger partial charge >= 0.3 is 5.97 Å². The number of aromatic nitrogens is 2. The maximum Gasteiger partial charge on any atom is 0.341 e. The molecule has 2 aromatic carbocycles. The van der Waals surface area contributed by atoms with E-state index in [1.807, 2.05) is 6.20 Å². The van der Waals surface area contributed by atoms with Crippen molar-refractivity contribution in [2.45, 2.75) is 76.7 Å². The number of anilines is 1. The number of carbonyl (C=O) groups is 2. The third-order valence-corrected chi connectivity index (χ3v) is 8.36. The molecule has 7 nitrogen and oxygen atoms in total. The molecule has 10 heteroatoms. The third kappa shape index (κ3) is 5.01. The van der Waals surface area contributed by atoms with Gasteiger partial charge in [-0.3, -0.25) is 4.79 Å². The lowest BCUT2D eigenvalue weighted by atomic mass is 10.0. The van der Waals surface area contributed by atoms with Crippen molar-refractivity contribution >= 4 is 40.8 Å². The van der Waals surface area contributed by atoms with Crippen LogP contribution >= 0.6 is 23.2 Å². The molecule has 40 heavy (non-hydrogen) atoms. The summed E-state index contributed by atoms with van der Waals surface area (Å²) in [4.78, 5) is 27.4. The van der Waals surface area contributed by atoms with Gasteiger partial charge in [-0.2, -0.15) is 5.10 Å². The van der Waals surface area contributed by atoms with Gasteiger partial charge in [0.25, 0.3) is 0 Å². The molecule has 0 N–H and O–H groups in total. The molecule has 0 spiro atoms. The Morgan fingerprint density at radius 3 is 2.48 bits per heavy atom. The van der Waals surface area contributed by atoms with Crippen molar-refractivity contribution in [2.75, 3.05) is 4.90 Å². The van der Waals surface area contributed by atoms with Gasteiger partial charge < -0.3 is 14.4 Å². The number of rotatable bonds is 7. The van der Waals surface area contributed by atoms with E-state index >= 15 is 0 Å². The van der Waals surface area contributed by atoms with E-state index in [1.165, 1.54) is 12.1 Å². The van der Waals surface area contributed by atoms with Crippen LogP contribution in [0.1, 0.15) is 74.0 Å². The summed E-state index contributed by atoms with van der Waals surface area (Å²) >= 11 is 13.0. The lowest BCUT2D eigenvalue weighted by Gasteiger charge is -2.31. The first kappa shape index (κ1) is 27.2. The number of benzene rings is 2. The Bertz CT molecular complexity index is 1480. The molecule has 3 aromatic rings. The van der Waals surface area contributed by atoms with Crippen LogP contribution in [0, 0.1) is 11.7 Å². The lowest BCUT2D eigenvalue weighted by molar-refractivity contribution is -0.126. The van der Waals surface area contributed by atoms with Crippen LogP contribution in [0.15, 0.2) is 42.6 Å². The Morgan fingerprint density at radius 1 is 1.12 bits per heavy atom. The summed E-state index contributed by atoms with van der Waals surface area (Å²) in [6.45, 7) is 5.44. The number of esters is 1. The van der Waals surface area contributed by atoms with Crippen LogP contribution in [0.4, 0.5) is 10.1 Å². The van der Waals surface area contributed by atoms with Gasteiger partial charge in [0.1, 0.15) is 17.1 Å². The van der Waals surface area contributed by atoms with E-state index in [0.717, 1.165) is 24.1 Å². The van der Waals surface area contributed by atoms with Crippen LogP contribution in [0.2, 0.25) is 10.0 Å². The molecule has 0 radical (unpaired) electrons. The van der Waals surface area contributed by atoms with Crippen LogP contribution < -0.4 is 4.90 Å². The van der Waals surface area contributed by atoms with E-state index in [1.54, 1.807) is 54.6 Å². The number of fused-ring (bicyclic) bond motifs is 2. The minimum absolute atomic E-state index is 0.101. The molecule has 3 atom stereocenters. The highest BCUT2D eigenvalue weighted by molar-refractivity contribution is 6.37. The molecule has 210 valence electrons. The summed E-state index contributed by atoms with van der Waals surface area (Å²) in [5, 5.41) is 5.59. The molecule has 1 amide bonds. The monoisotopic (exact) mass is 585 g/mol. The van der Waals surface area contributed by atoms with Crippen molar-refractivity contribution in [3.63, 3.8) is 0 Å². The number of amides is 1. The van der Waals surface area contributed by atoms with E-state index < -0.39 is 17.4 Å². The highest BCUT2D eigenvalue weighted by Gasteiger charge is 2.52. The minimum Gasteiger partial charge on any atom is -0.456 e. The topological polar surface area (TPSA) is 73.7 Å². The number of ether oxygens (including phenoxy) is 2. The maximum absolute atomic E-state index is 14.9. The van der Waals surface area contributed by atoms with Crippen molar-refractivity contribution in [2.24, 2.45) is 5.92 Å². The van der Waals surface area contributed by atoms with E-state index in [2.05, 4.69) is 5.10 Å². The fourth-order valence-corrected chi connectivity index (χ4v) is 6.37. The first-order chi connectivity index (χ1) is 19.0. The normalized spacial score (nSPS) is 22.3. The molecule has 6 rings (SSSR count). The maximum atomic E-state index is 14.9. The molecule has 2 aliphatic carbocycles. The van der Waals surface area contributed by atoms with Crippen LogP contribution in [0.5, 0.6) is 0 Å². The SMILES string of the molecule is CC(C)(C)OC(=O)c1ccc(N2C(=O)[C@@H]3C[C@H]2C[C@H]3OCc2c(C3CC3)cnn2-c2c(Cl)cccc2Cl)cc1F. The Labute approximate surface area is 242 Å². The van der Waals surface area contributed by atoms with Gasteiger partial charge in [-0.25, -0.2) is 13.9 Å². The number of hydrogen-bond donors (Lipinski definition) is 0.